The molecule has 98 valence electrons. The Labute approximate surface area is 120 Å². The molecule has 0 aliphatic carbocycles. The van der Waals surface area contributed by atoms with E-state index in [0.717, 1.165) is 10.9 Å². The number of carbonyl (C=O) groups is 1. The predicted molar refractivity (Wildman–Crippen MR) is 78.9 cm³/mol. The number of fused-ring (bicyclic) bond motifs is 1. The Morgan fingerprint density at radius 3 is 2.65 bits per heavy atom. The summed E-state index contributed by atoms with van der Waals surface area (Å²) in [6, 6.07) is 12.6. The zero-order valence-corrected chi connectivity index (χ0v) is 11.1. The van der Waals surface area contributed by atoms with Gasteiger partial charge in [-0.05, 0) is 36.4 Å². The minimum Gasteiger partial charge on any atom is -0.321 e. The molecule has 0 fully saturated rings. The molecule has 2 aromatic heterocycles. The number of aromatic nitrogens is 2. The van der Waals surface area contributed by atoms with E-state index < -0.39 is 0 Å². The van der Waals surface area contributed by atoms with Crippen LogP contribution < -0.4 is 5.32 Å². The minimum absolute atomic E-state index is 0.184. The van der Waals surface area contributed by atoms with Gasteiger partial charge in [-0.2, -0.15) is 0 Å². The quantitative estimate of drug-likeness (QED) is 0.732. The van der Waals surface area contributed by atoms with E-state index in [0.29, 0.717) is 11.3 Å². The van der Waals surface area contributed by atoms with Crippen LogP contribution in [0, 0.1) is 0 Å². The number of hydrogen-bond donors (Lipinski definition) is 1. The van der Waals surface area contributed by atoms with Gasteiger partial charge in [0.1, 0.15) is 5.15 Å². The van der Waals surface area contributed by atoms with Crippen molar-refractivity contribution in [3.8, 4) is 0 Å². The Balaban J connectivity index is 1.98. The molecule has 2 heterocycles. The molecule has 0 bridgehead atoms. The van der Waals surface area contributed by atoms with Crippen molar-refractivity contribution in [2.24, 2.45) is 0 Å². The maximum atomic E-state index is 12.2. The molecule has 3 rings (SSSR count). The fourth-order valence-corrected chi connectivity index (χ4v) is 2.16. The number of anilines is 1. The largest absolute Gasteiger partial charge is 0.321 e. The Bertz CT molecular complexity index is 783. The van der Waals surface area contributed by atoms with Crippen LogP contribution >= 0.6 is 11.6 Å². The molecule has 4 nitrogen and oxygen atoms in total. The van der Waals surface area contributed by atoms with E-state index >= 15 is 0 Å². The van der Waals surface area contributed by atoms with Crippen LogP contribution in [0.15, 0.2) is 54.9 Å². The van der Waals surface area contributed by atoms with Crippen molar-refractivity contribution >= 4 is 34.1 Å². The highest BCUT2D eigenvalue weighted by Crippen LogP contribution is 2.22. The fraction of sp³-hybridized carbons (Fsp3) is 0. The van der Waals surface area contributed by atoms with Gasteiger partial charge in [-0.1, -0.05) is 17.7 Å². The van der Waals surface area contributed by atoms with E-state index in [4.69, 9.17) is 11.6 Å². The summed E-state index contributed by atoms with van der Waals surface area (Å²) in [7, 11) is 0. The first-order chi connectivity index (χ1) is 9.75. The van der Waals surface area contributed by atoms with Crippen molar-refractivity contribution in [1.82, 2.24) is 9.97 Å². The number of benzene rings is 1. The van der Waals surface area contributed by atoms with Crippen molar-refractivity contribution < 1.29 is 4.79 Å². The molecule has 0 radical (unpaired) electrons. The van der Waals surface area contributed by atoms with Crippen LogP contribution in [0.4, 0.5) is 5.69 Å². The van der Waals surface area contributed by atoms with Gasteiger partial charge in [-0.15, -0.1) is 0 Å². The first-order valence-electron chi connectivity index (χ1n) is 6.01. The van der Waals surface area contributed by atoms with Crippen molar-refractivity contribution in [3.63, 3.8) is 0 Å². The fourth-order valence-electron chi connectivity index (χ4n) is 1.96. The van der Waals surface area contributed by atoms with Gasteiger partial charge in [-0.3, -0.25) is 9.78 Å². The number of nitrogens with zero attached hydrogens (tertiary/aromatic N) is 2. The first kappa shape index (κ1) is 12.6. The number of amides is 1. The summed E-state index contributed by atoms with van der Waals surface area (Å²) < 4.78 is 0. The highest BCUT2D eigenvalue weighted by atomic mass is 35.5. The van der Waals surface area contributed by atoms with Crippen LogP contribution in [0.3, 0.4) is 0 Å². The summed E-state index contributed by atoms with van der Waals surface area (Å²) in [5.74, 6) is -0.292. The molecule has 1 N–H and O–H groups in total. The standard InChI is InChI=1S/C15H10ClN3O/c16-14-11(5-3-9-18-14)15(20)19-13-7-1-6-12-10(13)4-2-8-17-12/h1-9H,(H,19,20). The summed E-state index contributed by atoms with van der Waals surface area (Å²) in [6.45, 7) is 0. The van der Waals surface area contributed by atoms with E-state index in [1.807, 2.05) is 30.3 Å². The number of hydrogen-bond acceptors (Lipinski definition) is 3. The lowest BCUT2D eigenvalue weighted by molar-refractivity contribution is 0.102. The number of rotatable bonds is 2. The molecule has 0 aliphatic heterocycles. The van der Waals surface area contributed by atoms with Gasteiger partial charge in [0.2, 0.25) is 0 Å². The second-order valence-corrected chi connectivity index (χ2v) is 4.53. The maximum absolute atomic E-state index is 12.2. The number of halogens is 1. The van der Waals surface area contributed by atoms with E-state index in [1.165, 1.54) is 0 Å². The molecule has 0 saturated heterocycles. The van der Waals surface area contributed by atoms with Gasteiger partial charge in [0, 0.05) is 17.8 Å². The molecular formula is C15H10ClN3O. The molecule has 3 aromatic rings. The van der Waals surface area contributed by atoms with E-state index in [2.05, 4.69) is 15.3 Å². The van der Waals surface area contributed by atoms with Gasteiger partial charge < -0.3 is 5.32 Å². The van der Waals surface area contributed by atoms with Gasteiger partial charge in [0.15, 0.2) is 0 Å². The van der Waals surface area contributed by atoms with Crippen LogP contribution in [0.25, 0.3) is 10.9 Å². The number of nitrogens with one attached hydrogen (secondary N) is 1. The second-order valence-electron chi connectivity index (χ2n) is 4.17. The number of pyridine rings is 2. The lowest BCUT2D eigenvalue weighted by Gasteiger charge is -2.08. The predicted octanol–water partition coefficient (Wildman–Crippen LogP) is 3.54. The minimum atomic E-state index is -0.292. The van der Waals surface area contributed by atoms with Crippen molar-refractivity contribution in [2.45, 2.75) is 0 Å². The monoisotopic (exact) mass is 283 g/mol. The molecule has 5 heteroatoms. The van der Waals surface area contributed by atoms with Crippen LogP contribution in [-0.2, 0) is 0 Å². The van der Waals surface area contributed by atoms with Crippen LogP contribution in [-0.4, -0.2) is 15.9 Å². The Morgan fingerprint density at radius 2 is 1.80 bits per heavy atom. The summed E-state index contributed by atoms with van der Waals surface area (Å²) in [5.41, 5.74) is 1.86. The normalized spacial score (nSPS) is 10.4. The van der Waals surface area contributed by atoms with Gasteiger partial charge in [-0.25, -0.2) is 4.98 Å². The molecule has 1 aromatic carbocycles. The first-order valence-corrected chi connectivity index (χ1v) is 6.39. The summed E-state index contributed by atoms with van der Waals surface area (Å²) in [4.78, 5) is 20.4. The Hall–Kier alpha value is -2.46. The number of carbonyl (C=O) groups excluding carboxylic acids is 1. The lowest BCUT2D eigenvalue weighted by atomic mass is 10.1. The third-order valence-electron chi connectivity index (χ3n) is 2.90. The SMILES string of the molecule is O=C(Nc1cccc2ncccc12)c1cccnc1Cl. The molecule has 0 unspecified atom stereocenters. The van der Waals surface area contributed by atoms with Gasteiger partial charge in [0.05, 0.1) is 16.8 Å². The molecule has 0 atom stereocenters. The third-order valence-corrected chi connectivity index (χ3v) is 3.20. The molecule has 20 heavy (non-hydrogen) atoms. The molecule has 0 spiro atoms. The van der Waals surface area contributed by atoms with Gasteiger partial charge in [0.25, 0.3) is 5.91 Å². The summed E-state index contributed by atoms with van der Waals surface area (Å²) in [6.07, 6.45) is 3.26. The average molecular weight is 284 g/mol. The Kier molecular flexibility index (Phi) is 3.31. The van der Waals surface area contributed by atoms with Crippen LogP contribution in [0.1, 0.15) is 10.4 Å². The highest BCUT2D eigenvalue weighted by Gasteiger charge is 2.12. The van der Waals surface area contributed by atoms with Crippen molar-refractivity contribution in [1.29, 1.82) is 0 Å². The average Bonchev–Trinajstić information content (AvgIpc) is 2.48. The molecule has 1 amide bonds. The smallest absolute Gasteiger partial charge is 0.258 e. The molecular weight excluding hydrogens is 274 g/mol. The summed E-state index contributed by atoms with van der Waals surface area (Å²) >= 11 is 5.92. The van der Waals surface area contributed by atoms with Gasteiger partial charge >= 0.3 is 0 Å². The summed E-state index contributed by atoms with van der Waals surface area (Å²) in [5, 5.41) is 3.90. The van der Waals surface area contributed by atoms with Crippen LogP contribution in [0.2, 0.25) is 5.15 Å². The van der Waals surface area contributed by atoms with Crippen molar-refractivity contribution in [2.75, 3.05) is 5.32 Å². The van der Waals surface area contributed by atoms with E-state index in [-0.39, 0.29) is 11.1 Å². The second kappa shape index (κ2) is 5.27. The third kappa shape index (κ3) is 2.33. The topological polar surface area (TPSA) is 54.9 Å². The molecule has 0 saturated carbocycles. The van der Waals surface area contributed by atoms with E-state index in [1.54, 1.807) is 24.5 Å². The highest BCUT2D eigenvalue weighted by molar-refractivity contribution is 6.33. The van der Waals surface area contributed by atoms with E-state index in [9.17, 15) is 4.79 Å². The Morgan fingerprint density at radius 1 is 1.00 bits per heavy atom. The maximum Gasteiger partial charge on any atom is 0.258 e. The molecule has 0 aliphatic rings. The zero-order valence-electron chi connectivity index (χ0n) is 10.4. The van der Waals surface area contributed by atoms with Crippen LogP contribution in [0.5, 0.6) is 0 Å². The lowest BCUT2D eigenvalue weighted by Crippen LogP contribution is -2.13. The zero-order chi connectivity index (χ0) is 13.9. The van der Waals surface area contributed by atoms with Crippen molar-refractivity contribution in [3.05, 3.63) is 65.6 Å².